The molecule has 0 aromatic heterocycles. The average Bonchev–Trinajstić information content (AvgIpc) is 2.42. The predicted octanol–water partition coefficient (Wildman–Crippen LogP) is 3.29. The fraction of sp³-hybridized carbons (Fsp3) is 0.143. The smallest absolute Gasteiger partial charge is 0.311 e. The highest BCUT2D eigenvalue weighted by Gasteiger charge is 2.17. The van der Waals surface area contributed by atoms with E-state index in [9.17, 15) is 14.5 Å². The Morgan fingerprint density at radius 1 is 1.25 bits per heavy atom. The van der Waals surface area contributed by atoms with E-state index in [1.54, 1.807) is 13.0 Å². The largest absolute Gasteiger partial charge is 0.450 e. The average molecular weight is 276 g/mol. The summed E-state index contributed by atoms with van der Waals surface area (Å²) in [5.74, 6) is -0.0287. The molecule has 2 rings (SSSR count). The summed E-state index contributed by atoms with van der Waals surface area (Å²) in [4.78, 5) is 10.5. The zero-order chi connectivity index (χ0) is 14.7. The Kier molecular flexibility index (Phi) is 3.95. The maximum absolute atomic E-state index is 13.1. The van der Waals surface area contributed by atoms with E-state index in [4.69, 9.17) is 10.5 Å². The lowest BCUT2D eigenvalue weighted by Gasteiger charge is -2.10. The third kappa shape index (κ3) is 2.92. The summed E-state index contributed by atoms with van der Waals surface area (Å²) in [5, 5.41) is 11.0. The number of halogens is 1. The molecule has 0 spiro atoms. The van der Waals surface area contributed by atoms with Gasteiger partial charge in [0.2, 0.25) is 5.75 Å². The van der Waals surface area contributed by atoms with Crippen molar-refractivity contribution in [2.45, 2.75) is 13.5 Å². The lowest BCUT2D eigenvalue weighted by atomic mass is 10.2. The van der Waals surface area contributed by atoms with Crippen molar-refractivity contribution in [3.05, 3.63) is 63.5 Å². The first-order valence-corrected chi connectivity index (χ1v) is 5.92. The van der Waals surface area contributed by atoms with Gasteiger partial charge in [-0.1, -0.05) is 6.07 Å². The van der Waals surface area contributed by atoms with E-state index in [1.807, 2.05) is 0 Å². The van der Waals surface area contributed by atoms with Crippen molar-refractivity contribution in [3.63, 3.8) is 0 Å². The Morgan fingerprint density at radius 2 is 1.95 bits per heavy atom. The van der Waals surface area contributed by atoms with Crippen LogP contribution in [0, 0.1) is 22.9 Å². The van der Waals surface area contributed by atoms with Gasteiger partial charge in [-0.05, 0) is 36.8 Å². The Labute approximate surface area is 114 Å². The van der Waals surface area contributed by atoms with Crippen molar-refractivity contribution in [3.8, 4) is 11.5 Å². The molecule has 0 atom stereocenters. The number of nitro benzene ring substituents is 1. The van der Waals surface area contributed by atoms with Crippen LogP contribution in [0.1, 0.15) is 11.1 Å². The summed E-state index contributed by atoms with van der Waals surface area (Å²) in [6.07, 6.45) is 0. The van der Waals surface area contributed by atoms with Gasteiger partial charge in [0.05, 0.1) is 4.92 Å². The second-order valence-electron chi connectivity index (χ2n) is 4.29. The maximum Gasteiger partial charge on any atom is 0.311 e. The van der Waals surface area contributed by atoms with E-state index < -0.39 is 10.7 Å². The Morgan fingerprint density at radius 3 is 2.60 bits per heavy atom. The molecule has 5 nitrogen and oxygen atoms in total. The topological polar surface area (TPSA) is 78.4 Å². The zero-order valence-corrected chi connectivity index (χ0v) is 10.8. The molecule has 0 aliphatic carbocycles. The van der Waals surface area contributed by atoms with E-state index in [-0.39, 0.29) is 18.0 Å². The number of aryl methyl sites for hydroxylation is 1. The molecule has 0 saturated heterocycles. The quantitative estimate of drug-likeness (QED) is 0.686. The molecule has 0 bridgehead atoms. The van der Waals surface area contributed by atoms with E-state index in [1.165, 1.54) is 30.3 Å². The van der Waals surface area contributed by atoms with Crippen molar-refractivity contribution in [2.24, 2.45) is 5.73 Å². The number of nitrogens with two attached hydrogens (primary N) is 1. The van der Waals surface area contributed by atoms with E-state index in [0.29, 0.717) is 11.3 Å². The zero-order valence-electron chi connectivity index (χ0n) is 10.8. The van der Waals surface area contributed by atoms with Crippen LogP contribution in [-0.4, -0.2) is 4.92 Å². The number of nitro groups is 1. The first-order valence-electron chi connectivity index (χ1n) is 5.92. The molecule has 0 radical (unpaired) electrons. The molecule has 0 heterocycles. The summed E-state index contributed by atoms with van der Waals surface area (Å²) in [6, 6.07) is 8.50. The highest BCUT2D eigenvalue weighted by molar-refractivity contribution is 5.51. The molecule has 0 unspecified atom stereocenters. The van der Waals surface area contributed by atoms with Crippen LogP contribution in [0.5, 0.6) is 11.5 Å². The number of benzene rings is 2. The van der Waals surface area contributed by atoms with Crippen LogP contribution in [0.4, 0.5) is 10.1 Å². The highest BCUT2D eigenvalue weighted by atomic mass is 19.1. The number of nitrogens with zero attached hydrogens (tertiary/aromatic N) is 1. The van der Waals surface area contributed by atoms with Crippen LogP contribution in [-0.2, 0) is 6.54 Å². The lowest BCUT2D eigenvalue weighted by Crippen LogP contribution is -2.01. The van der Waals surface area contributed by atoms with Crippen LogP contribution < -0.4 is 10.5 Å². The van der Waals surface area contributed by atoms with Crippen molar-refractivity contribution >= 4 is 5.69 Å². The van der Waals surface area contributed by atoms with Crippen molar-refractivity contribution in [1.82, 2.24) is 0 Å². The molecule has 0 aliphatic rings. The minimum Gasteiger partial charge on any atom is -0.450 e. The molecular formula is C14H13FN2O3. The van der Waals surface area contributed by atoms with Gasteiger partial charge in [-0.15, -0.1) is 0 Å². The van der Waals surface area contributed by atoms with Crippen LogP contribution in [0.25, 0.3) is 0 Å². The summed E-state index contributed by atoms with van der Waals surface area (Å²) < 4.78 is 18.6. The monoisotopic (exact) mass is 276 g/mol. The molecule has 2 aromatic rings. The molecule has 104 valence electrons. The Hall–Kier alpha value is -2.47. The van der Waals surface area contributed by atoms with Gasteiger partial charge in [-0.25, -0.2) is 4.39 Å². The van der Waals surface area contributed by atoms with Gasteiger partial charge < -0.3 is 10.5 Å². The van der Waals surface area contributed by atoms with Crippen molar-refractivity contribution < 1.29 is 14.1 Å². The van der Waals surface area contributed by atoms with Crippen molar-refractivity contribution in [2.75, 3.05) is 0 Å². The fourth-order valence-electron chi connectivity index (χ4n) is 1.78. The maximum atomic E-state index is 13.1. The van der Waals surface area contributed by atoms with Crippen LogP contribution in [0.2, 0.25) is 0 Å². The van der Waals surface area contributed by atoms with Gasteiger partial charge >= 0.3 is 5.69 Å². The van der Waals surface area contributed by atoms with Crippen LogP contribution in [0.15, 0.2) is 36.4 Å². The van der Waals surface area contributed by atoms with Crippen LogP contribution >= 0.6 is 0 Å². The molecule has 20 heavy (non-hydrogen) atoms. The second-order valence-corrected chi connectivity index (χ2v) is 4.29. The normalized spacial score (nSPS) is 10.3. The molecule has 0 amide bonds. The second kappa shape index (κ2) is 5.66. The van der Waals surface area contributed by atoms with Gasteiger partial charge in [0.25, 0.3) is 0 Å². The summed E-state index contributed by atoms with van der Waals surface area (Å²) in [7, 11) is 0. The third-order valence-corrected chi connectivity index (χ3v) is 2.77. The molecule has 2 aromatic carbocycles. The van der Waals surface area contributed by atoms with E-state index >= 15 is 0 Å². The van der Waals surface area contributed by atoms with Crippen LogP contribution in [0.3, 0.4) is 0 Å². The van der Waals surface area contributed by atoms with E-state index in [0.717, 1.165) is 5.56 Å². The van der Waals surface area contributed by atoms with Gasteiger partial charge in [-0.2, -0.15) is 0 Å². The van der Waals surface area contributed by atoms with Gasteiger partial charge in [0.15, 0.2) is 0 Å². The highest BCUT2D eigenvalue weighted by Crippen LogP contribution is 2.33. The Bertz CT molecular complexity index is 659. The summed E-state index contributed by atoms with van der Waals surface area (Å²) in [6.45, 7) is 1.83. The van der Waals surface area contributed by atoms with Gasteiger partial charge in [-0.3, -0.25) is 10.1 Å². The lowest BCUT2D eigenvalue weighted by molar-refractivity contribution is -0.385. The molecule has 6 heteroatoms. The molecule has 0 fully saturated rings. The SMILES string of the molecule is Cc1ccc(Oc2ccc(F)cc2CN)c([N+](=O)[O-])c1. The Balaban J connectivity index is 2.42. The van der Waals surface area contributed by atoms with Gasteiger partial charge in [0, 0.05) is 18.2 Å². The van der Waals surface area contributed by atoms with E-state index in [2.05, 4.69) is 0 Å². The first-order chi connectivity index (χ1) is 9.51. The predicted molar refractivity (Wildman–Crippen MR) is 72.2 cm³/mol. The fourth-order valence-corrected chi connectivity index (χ4v) is 1.78. The number of hydrogen-bond donors (Lipinski definition) is 1. The number of rotatable bonds is 4. The number of ether oxygens (including phenoxy) is 1. The standard InChI is InChI=1S/C14H13FN2O3/c1-9-2-4-14(12(6-9)17(18)19)20-13-5-3-11(15)7-10(13)8-16/h2-7H,8,16H2,1H3. The van der Waals surface area contributed by atoms with Crippen molar-refractivity contribution in [1.29, 1.82) is 0 Å². The first kappa shape index (κ1) is 14.0. The molecule has 2 N–H and O–H groups in total. The summed E-state index contributed by atoms with van der Waals surface area (Å²) >= 11 is 0. The summed E-state index contributed by atoms with van der Waals surface area (Å²) in [5.41, 5.74) is 6.57. The number of hydrogen-bond acceptors (Lipinski definition) is 4. The minimum absolute atomic E-state index is 0.0761. The molecular weight excluding hydrogens is 263 g/mol. The third-order valence-electron chi connectivity index (χ3n) is 2.77. The molecule has 0 aliphatic heterocycles. The minimum atomic E-state index is -0.520. The molecule has 0 saturated carbocycles. The van der Waals surface area contributed by atoms with Gasteiger partial charge in [0.1, 0.15) is 11.6 Å².